The van der Waals surface area contributed by atoms with Crippen molar-refractivity contribution in [3.8, 4) is 50.6 Å². The zero-order chi connectivity index (χ0) is 55.9. The van der Waals surface area contributed by atoms with Crippen LogP contribution in [0.1, 0.15) is 21.5 Å². The molecule has 0 heterocycles. The minimum Gasteiger partial charge on any atom is -0.497 e. The van der Waals surface area contributed by atoms with Crippen LogP contribution in [-0.2, 0) is 31.3 Å². The first-order valence-corrected chi connectivity index (χ1v) is 30.4. The summed E-state index contributed by atoms with van der Waals surface area (Å²) in [5.41, 5.74) is 7.23. The number of hydrogen-bond donors (Lipinski definition) is 5. The van der Waals surface area contributed by atoms with Crippen molar-refractivity contribution in [3.63, 3.8) is 0 Å². The molecule has 0 radical (unpaired) electrons. The fourth-order valence-electron chi connectivity index (χ4n) is 7.80. The third-order valence-corrected chi connectivity index (χ3v) is 17.3. The molecule has 78 heavy (non-hydrogen) atoms. The van der Waals surface area contributed by atoms with E-state index >= 15 is 0 Å². The maximum absolute atomic E-state index is 13.0. The molecule has 0 bridgehead atoms. The van der Waals surface area contributed by atoms with Gasteiger partial charge >= 0.3 is 21.2 Å². The molecule has 0 unspecified atom stereocenters. The van der Waals surface area contributed by atoms with Crippen LogP contribution in [0.3, 0.4) is 0 Å². The average molecular weight is 1140 g/mol. The summed E-state index contributed by atoms with van der Waals surface area (Å²) in [6.45, 7) is 0. The third-order valence-electron chi connectivity index (χ3n) is 11.7. The Hall–Kier alpha value is -7.20. The van der Waals surface area contributed by atoms with Gasteiger partial charge in [0.15, 0.2) is 0 Å². The van der Waals surface area contributed by atoms with Crippen molar-refractivity contribution in [3.05, 3.63) is 235 Å². The predicted molar refractivity (Wildman–Crippen MR) is 307 cm³/mol. The summed E-state index contributed by atoms with van der Waals surface area (Å²) in [5.74, 6) is 1.47. The van der Waals surface area contributed by atoms with Crippen molar-refractivity contribution in [2.45, 2.75) is 41.7 Å². The SMILES string of the molecule is COc1ccc(-c2ccc(S(=O)(=O)c3ccccc3CP(=O)(O)O)cc2)cc1.COc1ccc(-c2ccc(Sc3ccccc3C(=O)O)cc2)cc1.COc1ccc(-c2ccc(Sc3ccccc3CP(=O)(O)O)cc2)cc1. The highest BCUT2D eigenvalue weighted by atomic mass is 32.2. The zero-order valence-corrected chi connectivity index (χ0v) is 46.6. The Morgan fingerprint density at radius 1 is 0.423 bits per heavy atom. The summed E-state index contributed by atoms with van der Waals surface area (Å²) in [6.07, 6.45) is -0.882. The Bertz CT molecular complexity index is 3640. The van der Waals surface area contributed by atoms with E-state index in [9.17, 15) is 47.0 Å². The molecule has 9 aromatic rings. The van der Waals surface area contributed by atoms with Crippen LogP contribution in [0.15, 0.2) is 248 Å². The lowest BCUT2D eigenvalue weighted by Gasteiger charge is -2.12. The van der Waals surface area contributed by atoms with Gasteiger partial charge in [-0.15, -0.1) is 0 Å². The van der Waals surface area contributed by atoms with Gasteiger partial charge in [-0.25, -0.2) is 13.2 Å². The Kier molecular flexibility index (Phi) is 20.2. The van der Waals surface area contributed by atoms with Gasteiger partial charge in [-0.05, 0) is 142 Å². The van der Waals surface area contributed by atoms with E-state index in [4.69, 9.17) is 14.2 Å². The van der Waals surface area contributed by atoms with Gasteiger partial charge in [0.05, 0.1) is 49.0 Å². The summed E-state index contributed by atoms with van der Waals surface area (Å²) >= 11 is 2.95. The first kappa shape index (κ1) is 58.5. The largest absolute Gasteiger partial charge is 0.497 e. The molecule has 0 saturated heterocycles. The number of sulfone groups is 1. The molecule has 5 N–H and O–H groups in total. The predicted octanol–water partition coefficient (Wildman–Crippen LogP) is 14.3. The molecule has 0 aliphatic rings. The van der Waals surface area contributed by atoms with Crippen molar-refractivity contribution in [2.75, 3.05) is 21.3 Å². The van der Waals surface area contributed by atoms with Crippen molar-refractivity contribution in [2.24, 2.45) is 0 Å². The van der Waals surface area contributed by atoms with Crippen LogP contribution in [0.5, 0.6) is 17.2 Å². The first-order chi connectivity index (χ1) is 37.3. The lowest BCUT2D eigenvalue weighted by atomic mass is 10.1. The second kappa shape index (κ2) is 26.9. The second-order valence-corrected chi connectivity index (χ2v) is 24.6. The molecule has 0 aromatic heterocycles. The Labute approximate surface area is 461 Å². The van der Waals surface area contributed by atoms with E-state index < -0.39 is 37.2 Å². The molecule has 0 atom stereocenters. The smallest absolute Gasteiger partial charge is 0.336 e. The molecule has 9 aromatic carbocycles. The minimum absolute atomic E-state index is 0.0583. The fourth-order valence-corrected chi connectivity index (χ4v) is 12.8. The molecule has 13 nitrogen and oxygen atoms in total. The highest BCUT2D eigenvalue weighted by Gasteiger charge is 2.25. The lowest BCUT2D eigenvalue weighted by Crippen LogP contribution is -2.06. The first-order valence-electron chi connectivity index (χ1n) is 23.7. The van der Waals surface area contributed by atoms with Crippen LogP contribution in [0.25, 0.3) is 33.4 Å². The fraction of sp³-hybridized carbons (Fsp3) is 0.0833. The van der Waals surface area contributed by atoms with Gasteiger partial charge in [0.25, 0.3) is 0 Å². The van der Waals surface area contributed by atoms with Gasteiger partial charge < -0.3 is 38.9 Å². The maximum Gasteiger partial charge on any atom is 0.336 e. The van der Waals surface area contributed by atoms with E-state index in [0.717, 1.165) is 70.2 Å². The molecule has 9 rings (SSSR count). The molecule has 18 heteroatoms. The summed E-state index contributed by atoms with van der Waals surface area (Å²) < 4.78 is 64.2. The number of carboxylic acids is 1. The maximum atomic E-state index is 13.0. The lowest BCUT2D eigenvalue weighted by molar-refractivity contribution is 0.0693. The molecule has 400 valence electrons. The van der Waals surface area contributed by atoms with Crippen LogP contribution in [0, 0.1) is 0 Å². The minimum atomic E-state index is -4.41. The van der Waals surface area contributed by atoms with Gasteiger partial charge in [0.2, 0.25) is 9.84 Å². The van der Waals surface area contributed by atoms with E-state index in [1.807, 2.05) is 146 Å². The van der Waals surface area contributed by atoms with E-state index in [-0.39, 0.29) is 21.5 Å². The number of ether oxygens (including phenoxy) is 3. The van der Waals surface area contributed by atoms with E-state index in [2.05, 4.69) is 0 Å². The average Bonchev–Trinajstić information content (AvgIpc) is 3.46. The summed E-state index contributed by atoms with van der Waals surface area (Å²) in [6, 6.07) is 65.9. The van der Waals surface area contributed by atoms with Gasteiger partial charge in [-0.2, -0.15) is 0 Å². The van der Waals surface area contributed by atoms with Crippen LogP contribution in [0.4, 0.5) is 0 Å². The third kappa shape index (κ3) is 16.7. The Balaban J connectivity index is 0.000000170. The summed E-state index contributed by atoms with van der Waals surface area (Å²) in [5, 5.41) is 9.26. The molecule has 0 aliphatic heterocycles. The van der Waals surface area contributed by atoms with E-state index in [1.54, 1.807) is 63.8 Å². The highest BCUT2D eigenvalue weighted by molar-refractivity contribution is 7.99. The Morgan fingerprint density at radius 2 is 0.744 bits per heavy atom. The zero-order valence-electron chi connectivity index (χ0n) is 42.3. The topological polar surface area (TPSA) is 214 Å². The summed E-state index contributed by atoms with van der Waals surface area (Å²) in [7, 11) is -7.54. The van der Waals surface area contributed by atoms with Crippen LogP contribution in [0.2, 0.25) is 0 Å². The molecular weight excluding hydrogens is 1090 g/mol. The molecular formula is C60H54O13P2S3. The standard InChI is InChI=1S/C20H19O6PS.C20H19O4PS.C20H16O3S/c1-26-18-10-6-15(7-11-18)16-8-12-19(13-9-16)28(24,25)20-5-3-2-4-17(20)14-27(21,22)23;1-24-18-10-6-15(7-11-18)16-8-12-19(13-9-16)26-20-5-3-2-4-17(20)14-25(21,22)23;1-23-16-10-6-14(7-11-16)15-8-12-17(13-9-15)24-19-5-3-2-4-18(19)20(21)22/h2-13H,14H2,1H3,(H2,21,22,23);2-13H,14H2,1H3,(H2,21,22,23);2-13H,1H3,(H,21,22). The number of aromatic carboxylic acids is 1. The van der Waals surface area contributed by atoms with Crippen LogP contribution >= 0.6 is 38.7 Å². The number of methoxy groups -OCH3 is 3. The number of carbonyl (C=O) groups is 1. The van der Waals surface area contributed by atoms with Gasteiger partial charge in [0, 0.05) is 19.6 Å². The molecule has 0 spiro atoms. The van der Waals surface area contributed by atoms with Gasteiger partial charge in [-0.3, -0.25) is 9.13 Å². The number of hydrogen-bond acceptors (Lipinski definition) is 10. The molecule has 0 saturated carbocycles. The van der Waals surface area contributed by atoms with Crippen molar-refractivity contribution in [1.29, 1.82) is 0 Å². The Morgan fingerprint density at radius 3 is 1.14 bits per heavy atom. The number of rotatable bonds is 17. The van der Waals surface area contributed by atoms with E-state index in [0.29, 0.717) is 11.1 Å². The van der Waals surface area contributed by atoms with Gasteiger partial charge in [0.1, 0.15) is 17.2 Å². The van der Waals surface area contributed by atoms with Gasteiger partial charge in [-0.1, -0.05) is 145 Å². The van der Waals surface area contributed by atoms with Crippen LogP contribution in [-0.4, -0.2) is 60.4 Å². The monoisotopic (exact) mass is 1140 g/mol. The van der Waals surface area contributed by atoms with Crippen molar-refractivity contribution >= 4 is 54.5 Å². The van der Waals surface area contributed by atoms with Crippen molar-refractivity contribution < 1.29 is 61.2 Å². The van der Waals surface area contributed by atoms with Crippen molar-refractivity contribution in [1.82, 2.24) is 0 Å². The normalized spacial score (nSPS) is 11.3. The number of benzene rings is 9. The number of carboxylic acid groups (broad SMARTS) is 1. The quantitative estimate of drug-likeness (QED) is 0.0536. The molecule has 0 aliphatic carbocycles. The molecule has 0 amide bonds. The van der Waals surface area contributed by atoms with Crippen LogP contribution < -0.4 is 14.2 Å². The summed E-state index contributed by atoms with van der Waals surface area (Å²) in [4.78, 5) is 51.8. The van der Waals surface area contributed by atoms with E-state index in [1.165, 1.54) is 53.9 Å². The molecule has 0 fully saturated rings. The highest BCUT2D eigenvalue weighted by Crippen LogP contribution is 2.44. The second-order valence-electron chi connectivity index (χ2n) is 17.1.